The first-order valence-electron chi connectivity index (χ1n) is 12.1. The third-order valence-electron chi connectivity index (χ3n) is 6.39. The van der Waals surface area contributed by atoms with Crippen LogP contribution < -0.4 is 10.9 Å². The van der Waals surface area contributed by atoms with Crippen molar-refractivity contribution >= 4 is 28.4 Å². The molecule has 0 saturated heterocycles. The lowest BCUT2D eigenvalue weighted by Gasteiger charge is -2.14. The quantitative estimate of drug-likeness (QED) is 0.332. The zero-order valence-corrected chi connectivity index (χ0v) is 22.5. The van der Waals surface area contributed by atoms with E-state index in [2.05, 4.69) is 63.9 Å². The van der Waals surface area contributed by atoms with Crippen molar-refractivity contribution in [2.45, 2.75) is 46.8 Å². The molecule has 4 aromatic rings. The van der Waals surface area contributed by atoms with Gasteiger partial charge in [0.15, 0.2) is 0 Å². The van der Waals surface area contributed by atoms with Gasteiger partial charge in [0, 0.05) is 42.0 Å². The van der Waals surface area contributed by atoms with Crippen molar-refractivity contribution in [1.29, 1.82) is 0 Å². The molecule has 2 aromatic carbocycles. The van der Waals surface area contributed by atoms with Crippen molar-refractivity contribution in [2.24, 2.45) is 0 Å². The molecule has 0 atom stereocenters. The van der Waals surface area contributed by atoms with Crippen molar-refractivity contribution < 1.29 is 4.79 Å². The monoisotopic (exact) mass is 504 g/mol. The first kappa shape index (κ1) is 25.7. The number of amides is 1. The SMILES string of the molecule is Cc1cc(C)c(CNC(=O)c2cc(-c3ccc(CN(C)C)cc3)cc3c2c(Cl)cn3C(C)C)c(=O)[nH]1. The minimum atomic E-state index is -0.270. The number of rotatable bonds is 7. The molecule has 0 bridgehead atoms. The molecule has 2 N–H and O–H groups in total. The summed E-state index contributed by atoms with van der Waals surface area (Å²) in [6.07, 6.45) is 1.88. The van der Waals surface area contributed by atoms with E-state index in [9.17, 15) is 9.59 Å². The number of H-pyrrole nitrogens is 1. The van der Waals surface area contributed by atoms with Gasteiger partial charge in [-0.3, -0.25) is 9.59 Å². The number of hydrogen-bond acceptors (Lipinski definition) is 3. The van der Waals surface area contributed by atoms with E-state index in [0.29, 0.717) is 21.5 Å². The Labute approximate surface area is 216 Å². The van der Waals surface area contributed by atoms with Crippen LogP contribution in [0.5, 0.6) is 0 Å². The van der Waals surface area contributed by atoms with E-state index in [1.54, 1.807) is 0 Å². The lowest BCUT2D eigenvalue weighted by atomic mass is 9.98. The highest BCUT2D eigenvalue weighted by Crippen LogP contribution is 2.35. The number of benzene rings is 2. The van der Waals surface area contributed by atoms with Crippen molar-refractivity contribution in [2.75, 3.05) is 14.1 Å². The van der Waals surface area contributed by atoms with E-state index < -0.39 is 0 Å². The molecule has 0 spiro atoms. The number of halogens is 1. The molecule has 0 fully saturated rings. The molecular formula is C29H33ClN4O2. The van der Waals surface area contributed by atoms with Crippen LogP contribution in [0.2, 0.25) is 5.02 Å². The van der Waals surface area contributed by atoms with E-state index in [4.69, 9.17) is 11.6 Å². The van der Waals surface area contributed by atoms with Crippen molar-refractivity contribution in [3.8, 4) is 11.1 Å². The van der Waals surface area contributed by atoms with E-state index in [1.165, 1.54) is 5.56 Å². The smallest absolute Gasteiger partial charge is 0.253 e. The maximum Gasteiger partial charge on any atom is 0.253 e. The molecule has 1 amide bonds. The van der Waals surface area contributed by atoms with Crippen molar-refractivity contribution in [3.63, 3.8) is 0 Å². The molecule has 0 aliphatic heterocycles. The lowest BCUT2D eigenvalue weighted by molar-refractivity contribution is 0.0952. The van der Waals surface area contributed by atoms with Gasteiger partial charge in [0.05, 0.1) is 16.1 Å². The predicted molar refractivity (Wildman–Crippen MR) is 148 cm³/mol. The number of aryl methyl sites for hydroxylation is 2. The number of nitrogens with zero attached hydrogens (tertiary/aromatic N) is 2. The second-order valence-corrected chi connectivity index (χ2v) is 10.4. The van der Waals surface area contributed by atoms with Gasteiger partial charge in [0.2, 0.25) is 0 Å². The number of carbonyl (C=O) groups is 1. The minimum absolute atomic E-state index is 0.133. The summed E-state index contributed by atoms with van der Waals surface area (Å²) in [5, 5.41) is 4.19. The zero-order valence-electron chi connectivity index (χ0n) is 21.7. The summed E-state index contributed by atoms with van der Waals surface area (Å²) in [4.78, 5) is 30.9. The van der Waals surface area contributed by atoms with Gasteiger partial charge in [-0.1, -0.05) is 35.9 Å². The largest absolute Gasteiger partial charge is 0.348 e. The molecule has 36 heavy (non-hydrogen) atoms. The molecule has 2 aromatic heterocycles. The van der Waals surface area contributed by atoms with E-state index >= 15 is 0 Å². The first-order chi connectivity index (χ1) is 17.0. The highest BCUT2D eigenvalue weighted by Gasteiger charge is 2.20. The second-order valence-electron chi connectivity index (χ2n) is 9.96. The van der Waals surface area contributed by atoms with Crippen molar-refractivity contribution in [1.82, 2.24) is 19.8 Å². The average Bonchev–Trinajstić information content (AvgIpc) is 3.14. The number of aromatic nitrogens is 2. The van der Waals surface area contributed by atoms with Crippen LogP contribution in [0.3, 0.4) is 0 Å². The third-order valence-corrected chi connectivity index (χ3v) is 6.68. The van der Waals surface area contributed by atoms with Crippen LogP contribution in [0.1, 0.15) is 52.6 Å². The number of hydrogen-bond donors (Lipinski definition) is 2. The van der Waals surface area contributed by atoms with Crippen molar-refractivity contribution in [3.05, 3.63) is 92.0 Å². The summed E-state index contributed by atoms with van der Waals surface area (Å²) in [7, 11) is 4.09. The molecule has 6 nitrogen and oxygen atoms in total. The van der Waals surface area contributed by atoms with Gasteiger partial charge >= 0.3 is 0 Å². The van der Waals surface area contributed by atoms with E-state index in [0.717, 1.165) is 34.4 Å². The Balaban J connectivity index is 1.77. The fourth-order valence-corrected chi connectivity index (χ4v) is 4.95. The molecule has 7 heteroatoms. The Morgan fingerprint density at radius 2 is 1.78 bits per heavy atom. The highest BCUT2D eigenvalue weighted by molar-refractivity contribution is 6.37. The highest BCUT2D eigenvalue weighted by atomic mass is 35.5. The van der Waals surface area contributed by atoms with E-state index in [-0.39, 0.29) is 24.1 Å². The van der Waals surface area contributed by atoms with Crippen LogP contribution in [-0.2, 0) is 13.1 Å². The fraction of sp³-hybridized carbons (Fsp3) is 0.310. The molecule has 0 aliphatic carbocycles. The summed E-state index contributed by atoms with van der Waals surface area (Å²) < 4.78 is 2.09. The average molecular weight is 505 g/mol. The summed E-state index contributed by atoms with van der Waals surface area (Å²) in [6.45, 7) is 8.88. The first-order valence-corrected chi connectivity index (χ1v) is 12.5. The normalized spacial score (nSPS) is 11.6. The van der Waals surface area contributed by atoms with Crippen LogP contribution >= 0.6 is 11.6 Å². The number of aromatic amines is 1. The molecule has 2 heterocycles. The van der Waals surface area contributed by atoms with Gasteiger partial charge in [-0.05, 0) is 82.2 Å². The summed E-state index contributed by atoms with van der Waals surface area (Å²) >= 11 is 6.66. The molecule has 0 unspecified atom stereocenters. The van der Waals surface area contributed by atoms with Crippen LogP contribution in [0.15, 0.2) is 53.5 Å². The standard InChI is InChI=1S/C29H33ClN4O2/c1-17(2)34-16-25(30)27-23(28(35)31-14-24-18(3)11-19(4)32-29(24)36)12-22(13-26(27)34)21-9-7-20(8-10-21)15-33(5)6/h7-13,16-17H,14-15H2,1-6H3,(H,31,35)(H,32,36). The Hall–Kier alpha value is -3.35. The number of pyridine rings is 1. The number of fused-ring (bicyclic) bond motifs is 1. The van der Waals surface area contributed by atoms with Gasteiger partial charge in [-0.25, -0.2) is 0 Å². The summed E-state index contributed by atoms with van der Waals surface area (Å²) in [6, 6.07) is 14.4. The van der Waals surface area contributed by atoms with Crippen LogP contribution in [0, 0.1) is 13.8 Å². The van der Waals surface area contributed by atoms with Gasteiger partial charge in [0.25, 0.3) is 11.5 Å². The van der Waals surface area contributed by atoms with Gasteiger partial charge in [0.1, 0.15) is 0 Å². The Bertz CT molecular complexity index is 1480. The third kappa shape index (κ3) is 5.25. The maximum absolute atomic E-state index is 13.5. The fourth-order valence-electron chi connectivity index (χ4n) is 4.64. The lowest BCUT2D eigenvalue weighted by Crippen LogP contribution is -2.28. The zero-order chi connectivity index (χ0) is 26.1. The maximum atomic E-state index is 13.5. The molecule has 0 aliphatic rings. The van der Waals surface area contributed by atoms with Gasteiger partial charge in [-0.15, -0.1) is 0 Å². The molecule has 0 radical (unpaired) electrons. The molecular weight excluding hydrogens is 472 g/mol. The number of carbonyl (C=O) groups excluding carboxylic acids is 1. The summed E-state index contributed by atoms with van der Waals surface area (Å²) in [5.41, 5.74) is 6.56. The minimum Gasteiger partial charge on any atom is -0.348 e. The summed E-state index contributed by atoms with van der Waals surface area (Å²) in [5.74, 6) is -0.270. The number of nitrogens with one attached hydrogen (secondary N) is 2. The molecule has 4 rings (SSSR count). The predicted octanol–water partition coefficient (Wildman–Crippen LogP) is 5.84. The Morgan fingerprint density at radius 1 is 1.08 bits per heavy atom. The van der Waals surface area contributed by atoms with Crippen LogP contribution in [-0.4, -0.2) is 34.5 Å². The van der Waals surface area contributed by atoms with Gasteiger partial charge < -0.3 is 19.8 Å². The van der Waals surface area contributed by atoms with Gasteiger partial charge in [-0.2, -0.15) is 0 Å². The second kappa shape index (κ2) is 10.3. The topological polar surface area (TPSA) is 70.1 Å². The molecule has 0 saturated carbocycles. The Kier molecular flexibility index (Phi) is 7.38. The van der Waals surface area contributed by atoms with Crippen LogP contribution in [0.25, 0.3) is 22.0 Å². The van der Waals surface area contributed by atoms with Crippen LogP contribution in [0.4, 0.5) is 0 Å². The van der Waals surface area contributed by atoms with E-state index in [1.807, 2.05) is 46.3 Å². The Morgan fingerprint density at radius 3 is 2.39 bits per heavy atom. The molecule has 188 valence electrons.